The number of para-hydroxylation sites is 1. The molecule has 1 saturated carbocycles. The van der Waals surface area contributed by atoms with Crippen molar-refractivity contribution in [3.63, 3.8) is 0 Å². The van der Waals surface area contributed by atoms with E-state index in [4.69, 9.17) is 4.74 Å². The third-order valence-corrected chi connectivity index (χ3v) is 3.67. The van der Waals surface area contributed by atoms with Crippen LogP contribution in [0.1, 0.15) is 31.2 Å². The summed E-state index contributed by atoms with van der Waals surface area (Å²) < 4.78 is 5.64. The Hall–Kier alpha value is -1.06. The van der Waals surface area contributed by atoms with Gasteiger partial charge in [-0.05, 0) is 44.2 Å². The average molecular weight is 250 g/mol. The smallest absolute Gasteiger partial charge is 0.137 e. The van der Waals surface area contributed by atoms with Gasteiger partial charge in [-0.15, -0.1) is 0 Å². The van der Waals surface area contributed by atoms with E-state index >= 15 is 0 Å². The quantitative estimate of drug-likeness (QED) is 0.798. The zero-order valence-electron chi connectivity index (χ0n) is 11.1. The fourth-order valence-electron chi connectivity index (χ4n) is 2.52. The van der Waals surface area contributed by atoms with Gasteiger partial charge in [0.2, 0.25) is 0 Å². The van der Waals surface area contributed by atoms with Crippen molar-refractivity contribution < 1.29 is 15.2 Å². The zero-order valence-corrected chi connectivity index (χ0v) is 11.1. The number of nitrogens with two attached hydrogens (primary N) is 1. The molecule has 3 heteroatoms. The fraction of sp³-hybridized carbons (Fsp3) is 0.600. The minimum absolute atomic E-state index is 0.383. The molecular weight excluding hydrogens is 226 g/mol. The lowest BCUT2D eigenvalue weighted by atomic mass is 10.2. The van der Waals surface area contributed by atoms with Gasteiger partial charge < -0.3 is 15.2 Å². The maximum atomic E-state index is 9.91. The van der Waals surface area contributed by atoms with E-state index in [-0.39, 0.29) is 6.10 Å². The van der Waals surface area contributed by atoms with Gasteiger partial charge in [-0.1, -0.05) is 18.2 Å². The van der Waals surface area contributed by atoms with Gasteiger partial charge in [-0.2, -0.15) is 0 Å². The van der Waals surface area contributed by atoms with Crippen molar-refractivity contribution in [1.82, 2.24) is 0 Å². The maximum Gasteiger partial charge on any atom is 0.137 e. The molecule has 1 aromatic rings. The van der Waals surface area contributed by atoms with E-state index in [0.717, 1.165) is 23.9 Å². The molecule has 3 N–H and O–H groups in total. The maximum absolute atomic E-state index is 9.91. The summed E-state index contributed by atoms with van der Waals surface area (Å²) in [6, 6.07) is 8.64. The Morgan fingerprint density at radius 3 is 2.78 bits per heavy atom. The van der Waals surface area contributed by atoms with Crippen LogP contribution in [0.15, 0.2) is 24.3 Å². The molecule has 100 valence electrons. The van der Waals surface area contributed by atoms with Gasteiger partial charge in [0.15, 0.2) is 0 Å². The molecule has 1 aliphatic carbocycles. The Balaban J connectivity index is 1.68. The number of aryl methyl sites for hydroxylation is 1. The highest BCUT2D eigenvalue weighted by Gasteiger charge is 2.19. The van der Waals surface area contributed by atoms with E-state index in [0.29, 0.717) is 6.61 Å². The van der Waals surface area contributed by atoms with Crippen molar-refractivity contribution in [2.45, 2.75) is 44.8 Å². The minimum atomic E-state index is -0.384. The molecule has 1 aromatic carbocycles. The molecule has 0 heterocycles. The van der Waals surface area contributed by atoms with Crippen molar-refractivity contribution in [1.29, 1.82) is 0 Å². The molecule has 0 bridgehead atoms. The molecule has 0 amide bonds. The van der Waals surface area contributed by atoms with Gasteiger partial charge in [0.05, 0.1) is 6.04 Å². The summed E-state index contributed by atoms with van der Waals surface area (Å²) in [7, 11) is 0. The molecule has 1 aliphatic rings. The van der Waals surface area contributed by atoms with E-state index < -0.39 is 0 Å². The van der Waals surface area contributed by atoms with E-state index in [1.807, 2.05) is 31.2 Å². The lowest BCUT2D eigenvalue weighted by Gasteiger charge is -2.15. The monoisotopic (exact) mass is 250 g/mol. The Morgan fingerprint density at radius 1 is 1.33 bits per heavy atom. The summed E-state index contributed by atoms with van der Waals surface area (Å²) in [6.07, 6.45) is 4.90. The Labute approximate surface area is 109 Å². The molecule has 0 aromatic heterocycles. The van der Waals surface area contributed by atoms with Crippen molar-refractivity contribution in [2.24, 2.45) is 0 Å². The number of quaternary nitrogens is 1. The molecule has 0 aliphatic heterocycles. The summed E-state index contributed by atoms with van der Waals surface area (Å²) in [4.78, 5) is 0. The van der Waals surface area contributed by atoms with Crippen molar-refractivity contribution in [2.75, 3.05) is 13.2 Å². The Morgan fingerprint density at radius 2 is 2.06 bits per heavy atom. The first-order valence-electron chi connectivity index (χ1n) is 6.95. The number of hydrogen-bond donors (Lipinski definition) is 2. The lowest BCUT2D eigenvalue weighted by Crippen LogP contribution is -2.91. The van der Waals surface area contributed by atoms with Crippen LogP contribution in [-0.4, -0.2) is 30.4 Å². The second kappa shape index (κ2) is 6.76. The molecule has 1 atom stereocenters. The lowest BCUT2D eigenvalue weighted by molar-refractivity contribution is -0.693. The standard InChI is InChI=1S/C15H23NO2/c1-12-6-2-5-9-15(12)18-11-14(17)10-16-13-7-3-4-8-13/h2,5-6,9,13-14,16-17H,3-4,7-8,10-11H2,1H3/p+1/t14-/m0/s1. The first-order valence-corrected chi connectivity index (χ1v) is 6.95. The van der Waals surface area contributed by atoms with Crippen LogP contribution in [0.5, 0.6) is 5.75 Å². The number of benzene rings is 1. The molecule has 1 fully saturated rings. The number of rotatable bonds is 6. The third kappa shape index (κ3) is 4.00. The van der Waals surface area contributed by atoms with E-state index in [1.165, 1.54) is 25.7 Å². The van der Waals surface area contributed by atoms with Crippen molar-refractivity contribution in [3.8, 4) is 5.75 Å². The van der Waals surface area contributed by atoms with E-state index in [2.05, 4.69) is 5.32 Å². The SMILES string of the molecule is Cc1ccccc1OC[C@@H](O)C[NH2+]C1CCCC1. The molecule has 2 rings (SSSR count). The predicted octanol–water partition coefficient (Wildman–Crippen LogP) is 1.24. The Bertz CT molecular complexity index is 361. The van der Waals surface area contributed by atoms with Crippen LogP contribution in [0.25, 0.3) is 0 Å². The highest BCUT2D eigenvalue weighted by atomic mass is 16.5. The highest BCUT2D eigenvalue weighted by Crippen LogP contribution is 2.16. The normalized spacial score (nSPS) is 17.9. The summed E-state index contributed by atoms with van der Waals surface area (Å²) in [6.45, 7) is 3.15. The van der Waals surface area contributed by atoms with Crippen LogP contribution in [0.2, 0.25) is 0 Å². The van der Waals surface area contributed by atoms with Crippen LogP contribution in [0.3, 0.4) is 0 Å². The second-order valence-corrected chi connectivity index (χ2v) is 5.25. The highest BCUT2D eigenvalue weighted by molar-refractivity contribution is 5.31. The molecule has 0 radical (unpaired) electrons. The summed E-state index contributed by atoms with van der Waals surface area (Å²) in [5.74, 6) is 0.873. The summed E-state index contributed by atoms with van der Waals surface area (Å²) in [5, 5.41) is 12.2. The molecule has 0 unspecified atom stereocenters. The zero-order chi connectivity index (χ0) is 12.8. The van der Waals surface area contributed by atoms with Gasteiger partial charge in [-0.25, -0.2) is 0 Å². The van der Waals surface area contributed by atoms with Gasteiger partial charge >= 0.3 is 0 Å². The average Bonchev–Trinajstić information content (AvgIpc) is 2.88. The topological polar surface area (TPSA) is 46.1 Å². The first kappa shape index (κ1) is 13.4. The third-order valence-electron chi connectivity index (χ3n) is 3.67. The van der Waals surface area contributed by atoms with Gasteiger partial charge in [-0.3, -0.25) is 0 Å². The Kier molecular flexibility index (Phi) is 5.02. The largest absolute Gasteiger partial charge is 0.490 e. The molecular formula is C15H24NO2+. The number of hydrogen-bond acceptors (Lipinski definition) is 2. The van der Waals surface area contributed by atoms with Crippen LogP contribution in [-0.2, 0) is 0 Å². The number of ether oxygens (including phenoxy) is 1. The van der Waals surface area contributed by atoms with E-state index in [1.54, 1.807) is 0 Å². The number of aliphatic hydroxyl groups excluding tert-OH is 1. The van der Waals surface area contributed by atoms with Crippen molar-refractivity contribution >= 4 is 0 Å². The second-order valence-electron chi connectivity index (χ2n) is 5.25. The summed E-state index contributed by atoms with van der Waals surface area (Å²) in [5.41, 5.74) is 1.12. The van der Waals surface area contributed by atoms with Gasteiger partial charge in [0, 0.05) is 0 Å². The number of aliphatic hydroxyl groups is 1. The minimum Gasteiger partial charge on any atom is -0.490 e. The molecule has 3 nitrogen and oxygen atoms in total. The van der Waals surface area contributed by atoms with E-state index in [9.17, 15) is 5.11 Å². The van der Waals surface area contributed by atoms with Crippen molar-refractivity contribution in [3.05, 3.63) is 29.8 Å². The van der Waals surface area contributed by atoms with Crippen LogP contribution >= 0.6 is 0 Å². The predicted molar refractivity (Wildman–Crippen MR) is 71.7 cm³/mol. The first-order chi connectivity index (χ1) is 8.75. The van der Waals surface area contributed by atoms with Crippen LogP contribution in [0.4, 0.5) is 0 Å². The summed E-state index contributed by atoms with van der Waals surface area (Å²) >= 11 is 0. The molecule has 18 heavy (non-hydrogen) atoms. The van der Waals surface area contributed by atoms with Crippen LogP contribution < -0.4 is 10.1 Å². The molecule has 0 spiro atoms. The fourth-order valence-corrected chi connectivity index (χ4v) is 2.52. The molecule has 0 saturated heterocycles. The van der Waals surface area contributed by atoms with Crippen LogP contribution in [0, 0.1) is 6.92 Å². The van der Waals surface area contributed by atoms with Gasteiger partial charge in [0.25, 0.3) is 0 Å². The van der Waals surface area contributed by atoms with Gasteiger partial charge in [0.1, 0.15) is 25.0 Å².